The van der Waals surface area contributed by atoms with E-state index in [9.17, 15) is 0 Å². The predicted molar refractivity (Wildman–Crippen MR) is 173 cm³/mol. The van der Waals surface area contributed by atoms with Crippen LogP contribution in [0, 0.1) is 28.7 Å². The molecule has 0 spiro atoms. The molecule has 0 amide bonds. The van der Waals surface area contributed by atoms with Crippen molar-refractivity contribution in [3.63, 3.8) is 0 Å². The number of fused-ring (bicyclic) bond motifs is 2. The molecule has 6 aromatic rings. The molecule has 0 fully saturated rings. The van der Waals surface area contributed by atoms with Gasteiger partial charge in [-0.15, -0.1) is 93.9 Å². The summed E-state index contributed by atoms with van der Waals surface area (Å²) in [5.74, 6) is 0. The fourth-order valence-electron chi connectivity index (χ4n) is 4.51. The molecule has 6 aromatic carbocycles. The van der Waals surface area contributed by atoms with Crippen LogP contribution in [0.5, 0.6) is 0 Å². The van der Waals surface area contributed by atoms with Crippen LogP contribution in [0.15, 0.2) is 121 Å². The number of benzene rings is 4. The van der Waals surface area contributed by atoms with E-state index in [0.29, 0.717) is 0 Å². The Balaban J connectivity index is 0.000000616. The molecule has 0 atom stereocenters. The maximum absolute atomic E-state index is 2.26. The molecule has 0 saturated heterocycles. The summed E-state index contributed by atoms with van der Waals surface area (Å²) in [6.45, 7) is 4.30. The summed E-state index contributed by atoms with van der Waals surface area (Å²) in [6.07, 6.45) is 0. The molecule has 0 N–H and O–H groups in total. The zero-order valence-corrected chi connectivity index (χ0v) is 28.6. The number of rotatable bonds is 2. The zero-order valence-electron chi connectivity index (χ0n) is 22.4. The van der Waals surface area contributed by atoms with E-state index in [4.69, 9.17) is 0 Å². The van der Waals surface area contributed by atoms with Crippen molar-refractivity contribution in [1.29, 1.82) is 0 Å². The fraction of sp³-hybridized carbons (Fsp3) is 0.0588. The van der Waals surface area contributed by atoms with Crippen LogP contribution >= 0.6 is 24.8 Å². The van der Waals surface area contributed by atoms with Crippen molar-refractivity contribution in [2.45, 2.75) is 13.8 Å². The van der Waals surface area contributed by atoms with Crippen LogP contribution in [0.2, 0.25) is 0 Å². The van der Waals surface area contributed by atoms with Crippen LogP contribution < -0.4 is 0 Å². The second-order valence-corrected chi connectivity index (χ2v) is 8.41. The Kier molecular flexibility index (Phi) is 16.8. The van der Waals surface area contributed by atoms with Gasteiger partial charge >= 0.3 is 33.7 Å². The molecule has 0 nitrogen and oxygen atoms in total. The summed E-state index contributed by atoms with van der Waals surface area (Å²) in [5.41, 5.74) is 7.89. The molecule has 0 aliphatic carbocycles. The minimum atomic E-state index is 0. The Hall–Kier alpha value is -1.89. The van der Waals surface area contributed by atoms with E-state index in [1.807, 2.05) is 0 Å². The number of hydrogen-bond donors (Lipinski definition) is 0. The third-order valence-electron chi connectivity index (χ3n) is 5.96. The van der Waals surface area contributed by atoms with Crippen LogP contribution in [0.1, 0.15) is 11.1 Å². The van der Waals surface area contributed by atoms with Gasteiger partial charge < -0.3 is 14.9 Å². The monoisotopic (exact) mass is 676 g/mol. The maximum atomic E-state index is 2.26. The van der Waals surface area contributed by atoms with Gasteiger partial charge in [0.15, 0.2) is 0 Å². The Morgan fingerprint density at radius 3 is 1.18 bits per heavy atom. The molecule has 0 heterocycles. The van der Waals surface area contributed by atoms with Crippen LogP contribution in [0.4, 0.5) is 0 Å². The summed E-state index contributed by atoms with van der Waals surface area (Å²) < 4.78 is 0. The molecular weight excluding hydrogens is 643 g/mol. The standard InChI is InChI=1S/2C16H13.2CH3.2ClH.Ge.Zr/c2*1-12-10-14-8-5-9-15(16(14)11-12)13-6-3-2-4-7-13;;;;;;/h2*2-11H,1H3;2*1H3;2*1H;;/q4*-1;;;;. The van der Waals surface area contributed by atoms with E-state index < -0.39 is 0 Å². The van der Waals surface area contributed by atoms with E-state index in [-0.39, 0.29) is 39.7 Å². The summed E-state index contributed by atoms with van der Waals surface area (Å²) in [4.78, 5) is 0. The molecular formula is C34H34Cl2GeZr-4. The average Bonchev–Trinajstić information content (AvgIpc) is 3.47. The fourth-order valence-corrected chi connectivity index (χ4v) is 4.51. The number of hydrogen-bond acceptors (Lipinski definition) is 0. The first-order valence-corrected chi connectivity index (χ1v) is 18.8. The van der Waals surface area contributed by atoms with Gasteiger partial charge in [0.2, 0.25) is 0 Å². The van der Waals surface area contributed by atoms with Crippen molar-refractivity contribution < 1.29 is 21.6 Å². The molecule has 196 valence electrons. The number of halogens is 2. The van der Waals surface area contributed by atoms with Crippen molar-refractivity contribution in [2.75, 3.05) is 0 Å². The van der Waals surface area contributed by atoms with Crippen molar-refractivity contribution in [1.82, 2.24) is 0 Å². The van der Waals surface area contributed by atoms with Crippen LogP contribution in [-0.4, -0.2) is 12.1 Å². The molecule has 0 unspecified atom stereocenters. The van der Waals surface area contributed by atoms with Gasteiger partial charge in [0.05, 0.1) is 0 Å². The van der Waals surface area contributed by atoms with E-state index in [1.54, 1.807) is 21.6 Å². The molecule has 38 heavy (non-hydrogen) atoms. The third kappa shape index (κ3) is 8.55. The molecule has 0 aliphatic heterocycles. The Morgan fingerprint density at radius 2 is 0.842 bits per heavy atom. The first-order chi connectivity index (χ1) is 16.7. The zero-order chi connectivity index (χ0) is 23.9. The molecule has 0 bridgehead atoms. The van der Waals surface area contributed by atoms with Gasteiger partial charge in [-0.05, 0) is 11.1 Å². The van der Waals surface area contributed by atoms with Gasteiger partial charge in [-0.25, -0.2) is 0 Å². The molecule has 2 radical (unpaired) electrons. The average molecular weight is 677 g/mol. The quantitative estimate of drug-likeness (QED) is 0.126. The van der Waals surface area contributed by atoms with E-state index in [2.05, 4.69) is 147 Å². The Bertz CT molecular complexity index is 1390. The van der Waals surface area contributed by atoms with Gasteiger partial charge in [-0.2, -0.15) is 12.1 Å². The van der Waals surface area contributed by atoms with Gasteiger partial charge in [-0.1, -0.05) is 97.8 Å². The van der Waals surface area contributed by atoms with Crippen molar-refractivity contribution in [2.24, 2.45) is 0 Å². The van der Waals surface area contributed by atoms with Crippen molar-refractivity contribution in [3.05, 3.63) is 147 Å². The molecule has 4 heteroatoms. The van der Waals surface area contributed by atoms with Gasteiger partial charge in [0, 0.05) is 0 Å². The third-order valence-corrected chi connectivity index (χ3v) is 5.96. The summed E-state index contributed by atoms with van der Waals surface area (Å²) in [7, 11) is 0. The van der Waals surface area contributed by atoms with Crippen LogP contribution in [0.3, 0.4) is 0 Å². The van der Waals surface area contributed by atoms with E-state index >= 15 is 0 Å². The van der Waals surface area contributed by atoms with E-state index in [0.717, 1.165) is 0 Å². The number of aryl methyl sites for hydroxylation is 2. The SMILES string of the molecule is Cc1cc2c(-c3ccccc3)cccc2[cH-]1.Cc1cc2c(-c3ccccc3)cccc2[cH-]1.Cl.Cl.[CH3-].[CH3-].[Ge]=[Zr]. The van der Waals surface area contributed by atoms with Crippen LogP contribution in [-0.2, 0) is 21.6 Å². The first kappa shape index (κ1) is 36.1. The van der Waals surface area contributed by atoms with Crippen molar-refractivity contribution in [3.8, 4) is 22.3 Å². The summed E-state index contributed by atoms with van der Waals surface area (Å²) in [5, 5.41) is 5.37. The Morgan fingerprint density at radius 1 is 0.500 bits per heavy atom. The van der Waals surface area contributed by atoms with Gasteiger partial charge in [0.1, 0.15) is 0 Å². The first-order valence-electron chi connectivity index (χ1n) is 11.4. The van der Waals surface area contributed by atoms with Crippen molar-refractivity contribution >= 4 is 58.5 Å². The van der Waals surface area contributed by atoms with E-state index in [1.165, 1.54) is 54.9 Å². The molecule has 0 saturated carbocycles. The second kappa shape index (κ2) is 17.6. The normalized spacial score (nSPS) is 9.18. The predicted octanol–water partition coefficient (Wildman–Crippen LogP) is 10.4. The second-order valence-electron chi connectivity index (χ2n) is 8.41. The Labute approximate surface area is 261 Å². The summed E-state index contributed by atoms with van der Waals surface area (Å²) >= 11 is 3.64. The summed E-state index contributed by atoms with van der Waals surface area (Å²) in [6, 6.07) is 43.1. The molecule has 0 aliphatic rings. The molecule has 0 aromatic heterocycles. The molecule has 6 rings (SSSR count). The minimum absolute atomic E-state index is 0. The topological polar surface area (TPSA) is 0 Å². The van der Waals surface area contributed by atoms with Gasteiger partial charge in [0.25, 0.3) is 0 Å². The van der Waals surface area contributed by atoms with Gasteiger partial charge in [-0.3, -0.25) is 0 Å². The van der Waals surface area contributed by atoms with Crippen LogP contribution in [0.25, 0.3) is 43.8 Å².